The highest BCUT2D eigenvalue weighted by molar-refractivity contribution is 5.88. The molecular formula is C34H46ClN5O3. The molecule has 2 atom stereocenters. The lowest BCUT2D eigenvalue weighted by molar-refractivity contribution is -0.124. The molecule has 2 saturated carbocycles. The monoisotopic (exact) mass is 607 g/mol. The number of imidazole rings is 1. The molecule has 1 aliphatic heterocycles. The van der Waals surface area contributed by atoms with Crippen molar-refractivity contribution in [1.82, 2.24) is 25.2 Å². The van der Waals surface area contributed by atoms with Gasteiger partial charge in [0.1, 0.15) is 17.4 Å². The molecule has 232 valence electrons. The van der Waals surface area contributed by atoms with E-state index in [2.05, 4.69) is 40.4 Å². The number of benzene rings is 1. The molecule has 8 nitrogen and oxygen atoms in total. The molecule has 1 saturated heterocycles. The molecule has 0 unspecified atom stereocenters. The third-order valence-electron chi connectivity index (χ3n) is 9.89. The molecule has 9 heteroatoms. The average Bonchev–Trinajstić information content (AvgIpc) is 3.93. The van der Waals surface area contributed by atoms with Crippen LogP contribution in [0.15, 0.2) is 30.5 Å². The number of rotatable bonds is 13. The van der Waals surface area contributed by atoms with E-state index < -0.39 is 0 Å². The fraction of sp³-hybridized carbons (Fsp3) is 0.588. The fourth-order valence-electron chi connectivity index (χ4n) is 6.71. The number of hydrogen-bond acceptors (Lipinski definition) is 6. The number of H-pyrrole nitrogens is 1. The maximum absolute atomic E-state index is 13.5. The number of Topliss-reactive ketones (excluding diaryl/α,β-unsaturated/α-hetero) is 1. The number of ether oxygens (including phenoxy) is 1. The van der Waals surface area contributed by atoms with E-state index in [0.29, 0.717) is 24.5 Å². The summed E-state index contributed by atoms with van der Waals surface area (Å²) < 4.78 is 5.80. The van der Waals surface area contributed by atoms with Gasteiger partial charge in [-0.05, 0) is 82.6 Å². The zero-order valence-corrected chi connectivity index (χ0v) is 26.6. The van der Waals surface area contributed by atoms with Crippen molar-refractivity contribution >= 4 is 35.0 Å². The largest absolute Gasteiger partial charge is 0.496 e. The first-order chi connectivity index (χ1) is 20.4. The Morgan fingerprint density at radius 1 is 1.16 bits per heavy atom. The molecule has 1 spiro atoms. The van der Waals surface area contributed by atoms with E-state index in [1.54, 1.807) is 7.11 Å². The van der Waals surface area contributed by atoms with Crippen molar-refractivity contribution in [2.75, 3.05) is 27.2 Å². The van der Waals surface area contributed by atoms with Gasteiger partial charge in [0.2, 0.25) is 5.91 Å². The number of amides is 1. The highest BCUT2D eigenvalue weighted by Crippen LogP contribution is 2.59. The van der Waals surface area contributed by atoms with Gasteiger partial charge in [0.05, 0.1) is 30.6 Å². The Morgan fingerprint density at radius 3 is 2.67 bits per heavy atom. The van der Waals surface area contributed by atoms with Crippen LogP contribution < -0.4 is 10.1 Å². The van der Waals surface area contributed by atoms with Gasteiger partial charge in [-0.2, -0.15) is 0 Å². The van der Waals surface area contributed by atoms with Gasteiger partial charge in [0.15, 0.2) is 0 Å². The van der Waals surface area contributed by atoms with Crippen molar-refractivity contribution < 1.29 is 14.3 Å². The number of carbonyl (C=O) groups is 2. The Kier molecular flexibility index (Phi) is 9.76. The predicted octanol–water partition coefficient (Wildman–Crippen LogP) is 6.75. The van der Waals surface area contributed by atoms with Gasteiger partial charge < -0.3 is 19.9 Å². The summed E-state index contributed by atoms with van der Waals surface area (Å²) in [7, 11) is 3.85. The number of ketones is 1. The number of nitrogens with one attached hydrogen (secondary N) is 2. The molecule has 3 aromatic rings. The Hall–Kier alpha value is -2.97. The summed E-state index contributed by atoms with van der Waals surface area (Å²) in [6, 6.07) is 8.22. The second kappa shape index (κ2) is 13.3. The zero-order chi connectivity index (χ0) is 29.3. The maximum Gasteiger partial charge on any atom is 0.224 e. The number of unbranched alkanes of at least 4 members (excludes halogenated alkanes) is 2. The zero-order valence-electron chi connectivity index (χ0n) is 25.8. The van der Waals surface area contributed by atoms with Crippen LogP contribution in [0.3, 0.4) is 0 Å². The summed E-state index contributed by atoms with van der Waals surface area (Å²) in [5.74, 6) is 2.69. The Balaban J connectivity index is 0.00000368. The molecule has 1 amide bonds. The van der Waals surface area contributed by atoms with E-state index in [4.69, 9.17) is 14.7 Å². The van der Waals surface area contributed by atoms with Crippen LogP contribution in [0.4, 0.5) is 0 Å². The number of nitrogens with zero attached hydrogens (tertiary/aromatic N) is 3. The molecule has 1 aromatic carbocycles. The van der Waals surface area contributed by atoms with Gasteiger partial charge in [-0.3, -0.25) is 14.6 Å². The number of fused-ring (bicyclic) bond motifs is 1. The summed E-state index contributed by atoms with van der Waals surface area (Å²) in [4.78, 5) is 40.9. The number of hydrogen-bond donors (Lipinski definition) is 2. The van der Waals surface area contributed by atoms with Gasteiger partial charge in [-0.25, -0.2) is 4.98 Å². The van der Waals surface area contributed by atoms with Crippen LogP contribution in [0.25, 0.3) is 22.2 Å². The van der Waals surface area contributed by atoms with Crippen LogP contribution in [0.1, 0.15) is 101 Å². The van der Waals surface area contributed by atoms with E-state index >= 15 is 0 Å². The molecule has 0 bridgehead atoms. The van der Waals surface area contributed by atoms with Crippen LogP contribution in [-0.4, -0.2) is 58.8 Å². The van der Waals surface area contributed by atoms with Crippen molar-refractivity contribution in [3.63, 3.8) is 0 Å². The summed E-state index contributed by atoms with van der Waals surface area (Å²) in [5, 5.41) is 4.44. The first-order valence-electron chi connectivity index (χ1n) is 15.9. The van der Waals surface area contributed by atoms with E-state index in [0.717, 1.165) is 97.5 Å². The summed E-state index contributed by atoms with van der Waals surface area (Å²) >= 11 is 0. The maximum atomic E-state index is 13.5. The van der Waals surface area contributed by atoms with Crippen molar-refractivity contribution in [2.24, 2.45) is 11.3 Å². The van der Waals surface area contributed by atoms with Crippen LogP contribution in [-0.2, 0) is 9.59 Å². The quantitative estimate of drug-likeness (QED) is 0.208. The second-order valence-corrected chi connectivity index (χ2v) is 12.9. The highest BCUT2D eigenvalue weighted by Gasteiger charge is 2.58. The molecule has 3 aliphatic rings. The summed E-state index contributed by atoms with van der Waals surface area (Å²) in [6.45, 7) is 4.05. The second-order valence-electron chi connectivity index (χ2n) is 12.9. The van der Waals surface area contributed by atoms with Crippen molar-refractivity contribution in [2.45, 2.75) is 89.5 Å². The number of methoxy groups -OCH3 is 1. The van der Waals surface area contributed by atoms with Gasteiger partial charge in [-0.15, -0.1) is 12.4 Å². The van der Waals surface area contributed by atoms with Gasteiger partial charge in [0.25, 0.3) is 0 Å². The smallest absolute Gasteiger partial charge is 0.224 e. The minimum Gasteiger partial charge on any atom is -0.496 e. The number of aromatic amines is 1. The van der Waals surface area contributed by atoms with Crippen molar-refractivity contribution in [3.8, 4) is 17.0 Å². The lowest BCUT2D eigenvalue weighted by Crippen LogP contribution is -2.36. The van der Waals surface area contributed by atoms with Crippen molar-refractivity contribution in [1.29, 1.82) is 0 Å². The highest BCUT2D eigenvalue weighted by atomic mass is 35.5. The van der Waals surface area contributed by atoms with Gasteiger partial charge in [-0.1, -0.05) is 25.8 Å². The molecule has 3 fully saturated rings. The molecule has 2 aromatic heterocycles. The number of aromatic nitrogens is 3. The molecule has 6 rings (SSSR count). The van der Waals surface area contributed by atoms with E-state index in [-0.39, 0.29) is 35.7 Å². The SMILES string of the molecule is CCC(=O)CCCCC[C@H](NC(=O)[C@H]1CC12CCN(C)CC2)c1ncc(-c2cc3ccc(C4CC4)nc3cc2OC)[nH]1.Cl. The minimum atomic E-state index is -0.203. The lowest BCUT2D eigenvalue weighted by atomic mass is 9.91. The number of carbonyl (C=O) groups excluding carboxylic acids is 2. The van der Waals surface area contributed by atoms with E-state index in [9.17, 15) is 9.59 Å². The average molecular weight is 608 g/mol. The predicted molar refractivity (Wildman–Crippen MR) is 172 cm³/mol. The standard InChI is InChI=1S/C34H45N5O3.ClH/c1-4-24(40)8-6-5-7-9-28(38-33(41)26-20-34(26)14-16-39(2)17-15-34)32-35-21-30(37-32)25-18-23-12-13-27(22-10-11-22)36-29(23)19-31(25)42-3;/h12-13,18-19,21-22,26,28H,4-11,14-17,20H2,1-3H3,(H,35,37)(H,38,41);1H/t26-,28+;/m1./s1. The van der Waals surface area contributed by atoms with Gasteiger partial charge >= 0.3 is 0 Å². The molecule has 2 aliphatic carbocycles. The van der Waals surface area contributed by atoms with E-state index in [1.165, 1.54) is 12.8 Å². The fourth-order valence-corrected chi connectivity index (χ4v) is 6.71. The summed E-state index contributed by atoms with van der Waals surface area (Å²) in [6.07, 6.45) is 12.3. The summed E-state index contributed by atoms with van der Waals surface area (Å²) in [5.41, 5.74) is 4.08. The van der Waals surface area contributed by atoms with Gasteiger partial charge in [0, 0.05) is 47.4 Å². The van der Waals surface area contributed by atoms with Crippen LogP contribution >= 0.6 is 12.4 Å². The Morgan fingerprint density at radius 2 is 1.95 bits per heavy atom. The third-order valence-corrected chi connectivity index (χ3v) is 9.89. The molecule has 2 N–H and O–H groups in total. The molecule has 0 radical (unpaired) electrons. The normalized spacial score (nSPS) is 20.0. The lowest BCUT2D eigenvalue weighted by Gasteiger charge is -2.30. The molecular weight excluding hydrogens is 562 g/mol. The third kappa shape index (κ3) is 7.07. The Labute approximate surface area is 261 Å². The van der Waals surface area contributed by atoms with Crippen LogP contribution in [0, 0.1) is 11.3 Å². The number of likely N-dealkylation sites (tertiary alicyclic amines) is 1. The Bertz CT molecular complexity index is 1440. The minimum absolute atomic E-state index is 0. The first-order valence-corrected chi connectivity index (χ1v) is 15.9. The van der Waals surface area contributed by atoms with Crippen LogP contribution in [0.2, 0.25) is 0 Å². The van der Waals surface area contributed by atoms with Crippen molar-refractivity contribution in [3.05, 3.63) is 42.0 Å². The number of piperidine rings is 1. The van der Waals surface area contributed by atoms with E-state index in [1.807, 2.05) is 19.2 Å². The number of pyridine rings is 1. The number of halogens is 1. The first kappa shape index (κ1) is 31.5. The molecule has 43 heavy (non-hydrogen) atoms. The molecule has 3 heterocycles. The topological polar surface area (TPSA) is 100 Å². The van der Waals surface area contributed by atoms with Crippen LogP contribution in [0.5, 0.6) is 5.75 Å².